The minimum atomic E-state index is 0.920. The molecule has 0 N–H and O–H groups in total. The second-order valence-corrected chi connectivity index (χ2v) is 12.5. The van der Waals surface area contributed by atoms with Gasteiger partial charge in [0.25, 0.3) is 0 Å². The Labute approximate surface area is 277 Å². The van der Waals surface area contributed by atoms with E-state index in [1.807, 2.05) is 12.1 Å². The smallest absolute Gasteiger partial charge is 0.136 e. The van der Waals surface area contributed by atoms with Crippen LogP contribution in [-0.4, -0.2) is 0 Å². The third-order valence-corrected chi connectivity index (χ3v) is 9.80. The average Bonchev–Trinajstić information content (AvgIpc) is 3.52. The summed E-state index contributed by atoms with van der Waals surface area (Å²) in [5.41, 5.74) is 7.63. The molecule has 2 heteroatoms. The molecule has 0 saturated heterocycles. The van der Waals surface area contributed by atoms with Gasteiger partial charge in [-0.3, -0.25) is 0 Å². The molecule has 0 atom stereocenters. The minimum Gasteiger partial charge on any atom is -0.456 e. The highest BCUT2D eigenvalue weighted by atomic mass is 16.3. The highest BCUT2D eigenvalue weighted by molar-refractivity contribution is 6.17. The molecule has 10 rings (SSSR count). The third kappa shape index (κ3) is 4.20. The van der Waals surface area contributed by atoms with Crippen molar-refractivity contribution in [1.82, 2.24) is 0 Å². The van der Waals surface area contributed by atoms with E-state index < -0.39 is 0 Å². The molecule has 0 spiro atoms. The zero-order valence-electron chi connectivity index (χ0n) is 26.1. The standard InChI is InChI=1S/C46H29NO/c1-2-11-34(12-3-1)47(35-23-20-31(21-24-35)41-26-32-10-4-5-13-37(32)38-14-6-7-15-39(38)41)36-25-22-30-18-19-33-27-46-44(29-43(33)42(30)28-36)40-16-8-9-17-45(40)48-46/h1-29H. The maximum absolute atomic E-state index is 6.23. The number of benzene rings is 9. The Bertz CT molecular complexity index is 2830. The van der Waals surface area contributed by atoms with Crippen molar-refractivity contribution in [3.63, 3.8) is 0 Å². The minimum absolute atomic E-state index is 0.920. The Kier molecular flexibility index (Phi) is 5.91. The van der Waals surface area contributed by atoms with Crippen LogP contribution in [-0.2, 0) is 0 Å². The third-order valence-electron chi connectivity index (χ3n) is 9.80. The number of rotatable bonds is 4. The summed E-state index contributed by atoms with van der Waals surface area (Å²) in [5, 5.41) is 12.2. The summed E-state index contributed by atoms with van der Waals surface area (Å²) in [5.74, 6) is 0. The van der Waals surface area contributed by atoms with Crippen molar-refractivity contribution in [1.29, 1.82) is 0 Å². The van der Waals surface area contributed by atoms with Crippen LogP contribution in [0, 0.1) is 0 Å². The molecular formula is C46H29NO. The molecule has 0 fully saturated rings. The first-order chi connectivity index (χ1) is 23.8. The van der Waals surface area contributed by atoms with Crippen molar-refractivity contribution >= 4 is 82.1 Å². The van der Waals surface area contributed by atoms with Crippen LogP contribution >= 0.6 is 0 Å². The number of anilines is 3. The largest absolute Gasteiger partial charge is 0.456 e. The fourth-order valence-electron chi connectivity index (χ4n) is 7.51. The summed E-state index contributed by atoms with van der Waals surface area (Å²) in [6.07, 6.45) is 0. The van der Waals surface area contributed by atoms with Crippen LogP contribution in [0.15, 0.2) is 180 Å². The van der Waals surface area contributed by atoms with E-state index in [0.717, 1.165) is 39.0 Å². The Hall–Kier alpha value is -6.38. The van der Waals surface area contributed by atoms with Gasteiger partial charge in [0.2, 0.25) is 0 Å². The molecule has 0 saturated carbocycles. The summed E-state index contributed by atoms with van der Waals surface area (Å²) in [6.45, 7) is 0. The number of furan rings is 1. The van der Waals surface area contributed by atoms with Gasteiger partial charge in [0.15, 0.2) is 0 Å². The Balaban J connectivity index is 1.14. The molecule has 2 nitrogen and oxygen atoms in total. The van der Waals surface area contributed by atoms with E-state index in [2.05, 4.69) is 169 Å². The summed E-state index contributed by atoms with van der Waals surface area (Å²) in [4.78, 5) is 2.35. The fourth-order valence-corrected chi connectivity index (χ4v) is 7.51. The van der Waals surface area contributed by atoms with Crippen molar-refractivity contribution in [2.45, 2.75) is 0 Å². The number of para-hydroxylation sites is 2. The van der Waals surface area contributed by atoms with E-state index >= 15 is 0 Å². The highest BCUT2D eigenvalue weighted by Gasteiger charge is 2.16. The van der Waals surface area contributed by atoms with Crippen LogP contribution in [0.5, 0.6) is 0 Å². The second kappa shape index (κ2) is 10.6. The van der Waals surface area contributed by atoms with Gasteiger partial charge in [0, 0.05) is 27.8 Å². The molecule has 10 aromatic rings. The van der Waals surface area contributed by atoms with Crippen LogP contribution in [0.3, 0.4) is 0 Å². The first-order valence-electron chi connectivity index (χ1n) is 16.4. The van der Waals surface area contributed by atoms with Crippen LogP contribution in [0.4, 0.5) is 17.1 Å². The van der Waals surface area contributed by atoms with Gasteiger partial charge in [-0.15, -0.1) is 0 Å². The molecule has 0 bridgehead atoms. The molecule has 0 unspecified atom stereocenters. The van der Waals surface area contributed by atoms with Crippen molar-refractivity contribution in [2.75, 3.05) is 4.90 Å². The Morgan fingerprint density at radius 3 is 1.77 bits per heavy atom. The zero-order valence-corrected chi connectivity index (χ0v) is 26.1. The van der Waals surface area contributed by atoms with E-state index in [9.17, 15) is 0 Å². The maximum atomic E-state index is 6.23. The number of fused-ring (bicyclic) bond motifs is 9. The number of hydrogen-bond acceptors (Lipinski definition) is 2. The summed E-state index contributed by atoms with van der Waals surface area (Å²) < 4.78 is 6.23. The lowest BCUT2D eigenvalue weighted by atomic mass is 9.93. The molecule has 9 aromatic carbocycles. The molecule has 0 aliphatic carbocycles. The summed E-state index contributed by atoms with van der Waals surface area (Å²) >= 11 is 0. The van der Waals surface area contributed by atoms with Gasteiger partial charge in [-0.2, -0.15) is 0 Å². The summed E-state index contributed by atoms with van der Waals surface area (Å²) in [7, 11) is 0. The Morgan fingerprint density at radius 2 is 0.917 bits per heavy atom. The fraction of sp³-hybridized carbons (Fsp3) is 0. The molecule has 1 aromatic heterocycles. The predicted molar refractivity (Wildman–Crippen MR) is 204 cm³/mol. The zero-order chi connectivity index (χ0) is 31.6. The predicted octanol–water partition coefficient (Wildman–Crippen LogP) is 13.3. The van der Waals surface area contributed by atoms with Crippen LogP contribution in [0.1, 0.15) is 0 Å². The first kappa shape index (κ1) is 26.8. The van der Waals surface area contributed by atoms with Crippen molar-refractivity contribution in [3.8, 4) is 11.1 Å². The van der Waals surface area contributed by atoms with Gasteiger partial charge in [-0.1, -0.05) is 115 Å². The van der Waals surface area contributed by atoms with Crippen LogP contribution in [0.2, 0.25) is 0 Å². The molecule has 0 aliphatic heterocycles. The van der Waals surface area contributed by atoms with Gasteiger partial charge in [0.1, 0.15) is 11.2 Å². The topological polar surface area (TPSA) is 16.4 Å². The molecule has 224 valence electrons. The van der Waals surface area contributed by atoms with Gasteiger partial charge in [-0.25, -0.2) is 0 Å². The average molecular weight is 612 g/mol. The van der Waals surface area contributed by atoms with Gasteiger partial charge >= 0.3 is 0 Å². The number of hydrogen-bond donors (Lipinski definition) is 0. The molecule has 1 heterocycles. The lowest BCUT2D eigenvalue weighted by Gasteiger charge is -2.26. The molecule has 0 amide bonds. The van der Waals surface area contributed by atoms with E-state index in [1.165, 1.54) is 54.2 Å². The maximum Gasteiger partial charge on any atom is 0.136 e. The van der Waals surface area contributed by atoms with Crippen LogP contribution < -0.4 is 4.90 Å². The van der Waals surface area contributed by atoms with Gasteiger partial charge in [0.05, 0.1) is 0 Å². The van der Waals surface area contributed by atoms with E-state index in [-0.39, 0.29) is 0 Å². The van der Waals surface area contributed by atoms with Gasteiger partial charge in [-0.05, 0) is 115 Å². The molecule has 0 radical (unpaired) electrons. The Morgan fingerprint density at radius 1 is 0.312 bits per heavy atom. The highest BCUT2D eigenvalue weighted by Crippen LogP contribution is 2.41. The van der Waals surface area contributed by atoms with E-state index in [0.29, 0.717) is 0 Å². The summed E-state index contributed by atoms with van der Waals surface area (Å²) in [6, 6.07) is 63.4. The SMILES string of the molecule is c1ccc(N(c2ccc(-c3cc4ccccc4c4ccccc34)cc2)c2ccc3ccc4cc5oc6ccccc6c5cc4c3c2)cc1. The van der Waals surface area contributed by atoms with Crippen molar-refractivity contribution < 1.29 is 4.42 Å². The monoisotopic (exact) mass is 611 g/mol. The normalized spacial score (nSPS) is 11.8. The molecule has 48 heavy (non-hydrogen) atoms. The van der Waals surface area contributed by atoms with Crippen molar-refractivity contribution in [3.05, 3.63) is 176 Å². The number of nitrogens with zero attached hydrogens (tertiary/aromatic N) is 1. The first-order valence-corrected chi connectivity index (χ1v) is 16.4. The lowest BCUT2D eigenvalue weighted by molar-refractivity contribution is 0.669. The molecule has 0 aliphatic rings. The lowest BCUT2D eigenvalue weighted by Crippen LogP contribution is -2.09. The van der Waals surface area contributed by atoms with E-state index in [4.69, 9.17) is 4.42 Å². The van der Waals surface area contributed by atoms with E-state index in [1.54, 1.807) is 0 Å². The van der Waals surface area contributed by atoms with Gasteiger partial charge < -0.3 is 9.32 Å². The molecular weight excluding hydrogens is 583 g/mol. The second-order valence-electron chi connectivity index (χ2n) is 12.5. The van der Waals surface area contributed by atoms with Crippen LogP contribution in [0.25, 0.3) is 76.2 Å². The quantitative estimate of drug-likeness (QED) is 0.184. The van der Waals surface area contributed by atoms with Crippen molar-refractivity contribution in [2.24, 2.45) is 0 Å².